The maximum absolute atomic E-state index is 11.9. The number of carbonyl (C=O) groups is 1. The molecule has 0 heterocycles. The predicted octanol–water partition coefficient (Wildman–Crippen LogP) is 3.46. The average Bonchev–Trinajstić information content (AvgIpc) is 3.38. The minimum absolute atomic E-state index is 0.368. The van der Waals surface area contributed by atoms with E-state index in [-0.39, 0.29) is 5.97 Å². The van der Waals surface area contributed by atoms with Crippen LogP contribution in [0.2, 0.25) is 0 Å². The van der Waals surface area contributed by atoms with Crippen LogP contribution in [0.15, 0.2) is 54.6 Å². The molecule has 1 fully saturated rings. The maximum Gasteiger partial charge on any atom is 0.343 e. The second-order valence-corrected chi connectivity index (χ2v) is 5.15. The third-order valence-corrected chi connectivity index (χ3v) is 3.27. The molecule has 0 aromatic heterocycles. The molecule has 2 aromatic rings. The van der Waals surface area contributed by atoms with Crippen molar-refractivity contribution in [1.29, 1.82) is 0 Å². The van der Waals surface area contributed by atoms with Gasteiger partial charge in [0.25, 0.3) is 0 Å². The van der Waals surface area contributed by atoms with Gasteiger partial charge in [-0.2, -0.15) is 0 Å². The second kappa shape index (κ2) is 7.09. The van der Waals surface area contributed by atoms with Crippen molar-refractivity contribution in [2.24, 2.45) is 0 Å². The Hall–Kier alpha value is -2.33. The minimum Gasteiger partial charge on any atom is -0.491 e. The van der Waals surface area contributed by atoms with E-state index in [1.54, 1.807) is 48.5 Å². The van der Waals surface area contributed by atoms with Crippen LogP contribution in [0.3, 0.4) is 0 Å². The van der Waals surface area contributed by atoms with E-state index < -0.39 is 0 Å². The van der Waals surface area contributed by atoms with E-state index in [4.69, 9.17) is 14.2 Å². The summed E-state index contributed by atoms with van der Waals surface area (Å²) in [6.45, 7) is 1.13. The lowest BCUT2D eigenvalue weighted by Crippen LogP contribution is -2.09. The summed E-state index contributed by atoms with van der Waals surface area (Å²) in [6, 6.07) is 15.9. The van der Waals surface area contributed by atoms with Crippen molar-refractivity contribution in [3.8, 4) is 11.5 Å². The third kappa shape index (κ3) is 4.33. The summed E-state index contributed by atoms with van der Waals surface area (Å²) >= 11 is 0. The summed E-state index contributed by atoms with van der Waals surface area (Å²) in [6.07, 6.45) is 2.78. The molecule has 0 amide bonds. The molecule has 0 aliphatic heterocycles. The largest absolute Gasteiger partial charge is 0.491 e. The number of carbonyl (C=O) groups excluding carboxylic acids is 1. The molecule has 4 heteroatoms. The normalized spacial score (nSPS) is 13.6. The van der Waals surface area contributed by atoms with Crippen LogP contribution in [0.1, 0.15) is 23.2 Å². The topological polar surface area (TPSA) is 44.8 Å². The Morgan fingerprint density at radius 2 is 1.59 bits per heavy atom. The molecule has 0 atom stereocenters. The summed E-state index contributed by atoms with van der Waals surface area (Å²) < 4.78 is 16.4. The van der Waals surface area contributed by atoms with Crippen LogP contribution in [0.25, 0.3) is 0 Å². The minimum atomic E-state index is -0.368. The second-order valence-electron chi connectivity index (χ2n) is 5.15. The summed E-state index contributed by atoms with van der Waals surface area (Å²) in [5, 5.41) is 0. The Labute approximate surface area is 129 Å². The van der Waals surface area contributed by atoms with E-state index >= 15 is 0 Å². The lowest BCUT2D eigenvalue weighted by atomic mass is 10.2. The molecule has 114 valence electrons. The van der Waals surface area contributed by atoms with Gasteiger partial charge in [-0.3, -0.25) is 0 Å². The molecular weight excluding hydrogens is 280 g/mol. The predicted molar refractivity (Wildman–Crippen MR) is 82.3 cm³/mol. The molecule has 1 aliphatic carbocycles. The van der Waals surface area contributed by atoms with Crippen molar-refractivity contribution in [3.63, 3.8) is 0 Å². The van der Waals surface area contributed by atoms with Crippen molar-refractivity contribution < 1.29 is 19.0 Å². The lowest BCUT2D eigenvalue weighted by molar-refractivity contribution is 0.0734. The van der Waals surface area contributed by atoms with E-state index in [1.807, 2.05) is 6.07 Å². The molecule has 3 rings (SSSR count). The number of benzene rings is 2. The van der Waals surface area contributed by atoms with E-state index in [9.17, 15) is 4.79 Å². The first-order valence-electron chi connectivity index (χ1n) is 7.43. The van der Waals surface area contributed by atoms with Gasteiger partial charge in [-0.05, 0) is 49.2 Å². The summed E-state index contributed by atoms with van der Waals surface area (Å²) in [4.78, 5) is 11.9. The molecule has 0 radical (unpaired) electrons. The van der Waals surface area contributed by atoms with Gasteiger partial charge in [-0.1, -0.05) is 18.2 Å². The van der Waals surface area contributed by atoms with Gasteiger partial charge >= 0.3 is 5.97 Å². The van der Waals surface area contributed by atoms with Crippen LogP contribution in [0.4, 0.5) is 0 Å². The van der Waals surface area contributed by atoms with Gasteiger partial charge in [0, 0.05) is 0 Å². The van der Waals surface area contributed by atoms with Crippen molar-refractivity contribution in [2.45, 2.75) is 18.9 Å². The van der Waals surface area contributed by atoms with Crippen LogP contribution in [-0.4, -0.2) is 25.3 Å². The molecular formula is C18H18O4. The highest BCUT2D eigenvalue weighted by Gasteiger charge is 2.21. The smallest absolute Gasteiger partial charge is 0.343 e. The van der Waals surface area contributed by atoms with E-state index in [2.05, 4.69) is 0 Å². The van der Waals surface area contributed by atoms with Crippen LogP contribution in [0, 0.1) is 0 Å². The monoisotopic (exact) mass is 298 g/mol. The fourth-order valence-electron chi connectivity index (χ4n) is 1.95. The Kier molecular flexibility index (Phi) is 4.71. The molecule has 0 saturated heterocycles. The molecule has 1 aliphatic rings. The van der Waals surface area contributed by atoms with Gasteiger partial charge in [0.2, 0.25) is 0 Å². The Bertz CT molecular complexity index is 603. The van der Waals surface area contributed by atoms with Crippen molar-refractivity contribution in [3.05, 3.63) is 60.2 Å². The summed E-state index contributed by atoms with van der Waals surface area (Å²) in [7, 11) is 0. The van der Waals surface area contributed by atoms with Gasteiger partial charge in [0.05, 0.1) is 18.3 Å². The Balaban J connectivity index is 1.47. The Morgan fingerprint density at radius 3 is 2.27 bits per heavy atom. The zero-order valence-electron chi connectivity index (χ0n) is 12.2. The number of esters is 1. The van der Waals surface area contributed by atoms with Gasteiger partial charge in [0.15, 0.2) is 0 Å². The Morgan fingerprint density at radius 1 is 0.909 bits per heavy atom. The number of ether oxygens (including phenoxy) is 3. The molecule has 1 saturated carbocycles. The SMILES string of the molecule is O=C(Oc1ccc(OCCOC2CC2)cc1)c1ccccc1. The van der Waals surface area contributed by atoms with Crippen LogP contribution in [0.5, 0.6) is 11.5 Å². The van der Waals surface area contributed by atoms with Crippen molar-refractivity contribution >= 4 is 5.97 Å². The van der Waals surface area contributed by atoms with E-state index in [0.29, 0.717) is 30.6 Å². The lowest BCUT2D eigenvalue weighted by Gasteiger charge is -2.08. The highest BCUT2D eigenvalue weighted by atomic mass is 16.5. The van der Waals surface area contributed by atoms with Gasteiger partial charge in [-0.15, -0.1) is 0 Å². The number of hydrogen-bond acceptors (Lipinski definition) is 4. The molecule has 0 bridgehead atoms. The zero-order valence-corrected chi connectivity index (χ0v) is 12.2. The summed E-state index contributed by atoms with van der Waals surface area (Å²) in [5.74, 6) is 0.862. The van der Waals surface area contributed by atoms with Gasteiger partial charge in [0.1, 0.15) is 18.1 Å². The molecule has 4 nitrogen and oxygen atoms in total. The zero-order chi connectivity index (χ0) is 15.2. The molecule has 22 heavy (non-hydrogen) atoms. The highest BCUT2D eigenvalue weighted by molar-refractivity contribution is 5.90. The van der Waals surface area contributed by atoms with E-state index in [1.165, 1.54) is 12.8 Å². The van der Waals surface area contributed by atoms with Crippen LogP contribution in [-0.2, 0) is 4.74 Å². The number of hydrogen-bond donors (Lipinski definition) is 0. The van der Waals surface area contributed by atoms with Crippen LogP contribution < -0.4 is 9.47 Å². The first kappa shape index (κ1) is 14.6. The van der Waals surface area contributed by atoms with Crippen LogP contribution >= 0.6 is 0 Å². The molecule has 0 spiro atoms. The number of rotatable bonds is 7. The van der Waals surface area contributed by atoms with Crippen molar-refractivity contribution in [1.82, 2.24) is 0 Å². The third-order valence-electron chi connectivity index (χ3n) is 3.27. The fraction of sp³-hybridized carbons (Fsp3) is 0.278. The standard InChI is InChI=1S/C18H18O4/c19-18(14-4-2-1-3-5-14)22-17-10-8-16(9-11-17)21-13-12-20-15-6-7-15/h1-5,8-11,15H,6-7,12-13H2. The highest BCUT2D eigenvalue weighted by Crippen LogP contribution is 2.23. The first-order valence-corrected chi connectivity index (χ1v) is 7.43. The maximum atomic E-state index is 11.9. The van der Waals surface area contributed by atoms with Gasteiger partial charge < -0.3 is 14.2 Å². The van der Waals surface area contributed by atoms with E-state index in [0.717, 1.165) is 5.75 Å². The quantitative estimate of drug-likeness (QED) is 0.446. The first-order chi connectivity index (χ1) is 10.8. The van der Waals surface area contributed by atoms with Gasteiger partial charge in [-0.25, -0.2) is 4.79 Å². The average molecular weight is 298 g/mol. The molecule has 2 aromatic carbocycles. The molecule has 0 N–H and O–H groups in total. The fourth-order valence-corrected chi connectivity index (χ4v) is 1.95. The van der Waals surface area contributed by atoms with Crippen molar-refractivity contribution in [2.75, 3.05) is 13.2 Å². The molecule has 0 unspecified atom stereocenters. The summed E-state index contributed by atoms with van der Waals surface area (Å²) in [5.41, 5.74) is 0.528.